The van der Waals surface area contributed by atoms with Gasteiger partial charge in [0.1, 0.15) is 0 Å². The summed E-state index contributed by atoms with van der Waals surface area (Å²) in [7, 11) is 0. The summed E-state index contributed by atoms with van der Waals surface area (Å²) in [6.07, 6.45) is 1.95. The Balaban J connectivity index is 1.46. The van der Waals surface area contributed by atoms with Gasteiger partial charge in [-0.1, -0.05) is 5.16 Å². The number of rotatable bonds is 3. The third kappa shape index (κ3) is 3.45. The molecule has 3 N–H and O–H groups in total. The summed E-state index contributed by atoms with van der Waals surface area (Å²) in [5.74, 6) is -2.93. The summed E-state index contributed by atoms with van der Waals surface area (Å²) in [5.41, 5.74) is -0.875. The number of imide groups is 2. The summed E-state index contributed by atoms with van der Waals surface area (Å²) in [4.78, 5) is 57.0. The van der Waals surface area contributed by atoms with Gasteiger partial charge in [0.15, 0.2) is 16.9 Å². The average molecular weight is 522 g/mol. The molecule has 5 heterocycles. The largest absolute Gasteiger partial charge is 0.372 e. The molecule has 3 aliphatic rings. The van der Waals surface area contributed by atoms with E-state index in [-0.39, 0.29) is 48.0 Å². The molecule has 12 nitrogen and oxygen atoms in total. The predicted octanol–water partition coefficient (Wildman–Crippen LogP) is 1.18. The van der Waals surface area contributed by atoms with Crippen LogP contribution in [0, 0.1) is 11.2 Å². The first-order valence-electron chi connectivity index (χ1n) is 12.1. The zero-order chi connectivity index (χ0) is 26.8. The minimum Gasteiger partial charge on any atom is -0.372 e. The van der Waals surface area contributed by atoms with Crippen LogP contribution in [-0.4, -0.2) is 58.7 Å². The highest BCUT2D eigenvalue weighted by molar-refractivity contribution is 6.20. The number of ether oxygens (including phenoxy) is 1. The van der Waals surface area contributed by atoms with Crippen LogP contribution < -0.4 is 20.9 Å². The molecule has 1 spiro atoms. The second-order valence-electron chi connectivity index (χ2n) is 9.78. The molecule has 196 valence electrons. The van der Waals surface area contributed by atoms with Crippen LogP contribution in [-0.2, 0) is 27.3 Å². The van der Waals surface area contributed by atoms with Crippen LogP contribution in [0.3, 0.4) is 0 Å². The fraction of sp³-hybridized carbons (Fsp3) is 0.360. The molecule has 0 radical (unpaired) electrons. The van der Waals surface area contributed by atoms with Gasteiger partial charge in [0.05, 0.1) is 29.3 Å². The normalized spacial score (nSPS) is 24.0. The predicted molar refractivity (Wildman–Crippen MR) is 128 cm³/mol. The van der Waals surface area contributed by atoms with E-state index < -0.39 is 47.1 Å². The van der Waals surface area contributed by atoms with Gasteiger partial charge in [-0.2, -0.15) is 0 Å². The number of hydrogen-bond donors (Lipinski definition) is 3. The van der Waals surface area contributed by atoms with Crippen molar-refractivity contribution in [2.75, 3.05) is 11.4 Å². The van der Waals surface area contributed by atoms with Gasteiger partial charge >= 0.3 is 6.03 Å². The number of nitrogens with zero attached hydrogens (tertiary/aromatic N) is 3. The molecule has 6 rings (SSSR count). The zero-order valence-corrected chi connectivity index (χ0v) is 20.4. The molecule has 1 aromatic carbocycles. The number of urea groups is 1. The van der Waals surface area contributed by atoms with E-state index in [1.807, 2.05) is 0 Å². The maximum absolute atomic E-state index is 16.1. The molecule has 3 atom stereocenters. The van der Waals surface area contributed by atoms with Crippen molar-refractivity contribution in [2.45, 2.75) is 45.1 Å². The maximum atomic E-state index is 16.1. The lowest BCUT2D eigenvalue weighted by Gasteiger charge is -2.55. The third-order valence-electron chi connectivity index (χ3n) is 7.38. The number of aromatic nitrogens is 2. The lowest BCUT2D eigenvalue weighted by Crippen LogP contribution is -2.75. The molecule has 3 aromatic rings. The molecule has 2 saturated heterocycles. The van der Waals surface area contributed by atoms with Crippen LogP contribution in [0.2, 0.25) is 0 Å². The number of pyridine rings is 1. The van der Waals surface area contributed by atoms with Crippen molar-refractivity contribution in [3.8, 4) is 0 Å². The van der Waals surface area contributed by atoms with Gasteiger partial charge in [0, 0.05) is 31.9 Å². The van der Waals surface area contributed by atoms with E-state index in [0.717, 1.165) is 5.56 Å². The lowest BCUT2D eigenvalue weighted by molar-refractivity contribution is -0.153. The second kappa shape index (κ2) is 8.58. The minimum atomic E-state index is -1.78. The van der Waals surface area contributed by atoms with Crippen LogP contribution in [0.25, 0.3) is 11.0 Å². The number of carbonyl (C=O) groups is 4. The van der Waals surface area contributed by atoms with Crippen molar-refractivity contribution in [1.29, 1.82) is 0 Å². The summed E-state index contributed by atoms with van der Waals surface area (Å²) in [5, 5.41) is 11.0. The molecule has 3 aliphatic heterocycles. The molecule has 13 heteroatoms. The van der Waals surface area contributed by atoms with Gasteiger partial charge < -0.3 is 19.5 Å². The smallest absolute Gasteiger partial charge is 0.328 e. The van der Waals surface area contributed by atoms with Crippen LogP contribution in [0.15, 0.2) is 35.1 Å². The molecular weight excluding hydrogens is 499 g/mol. The summed E-state index contributed by atoms with van der Waals surface area (Å²) in [6, 6.07) is 3.17. The number of halogens is 1. The fourth-order valence-electron chi connectivity index (χ4n) is 5.88. The number of carbonyl (C=O) groups excluding carboxylic acids is 4. The molecule has 0 aliphatic carbocycles. The number of benzene rings is 1. The Morgan fingerprint density at radius 1 is 1.21 bits per heavy atom. The van der Waals surface area contributed by atoms with E-state index >= 15 is 4.39 Å². The van der Waals surface area contributed by atoms with E-state index in [1.165, 1.54) is 6.07 Å². The molecule has 5 amide bonds. The van der Waals surface area contributed by atoms with Gasteiger partial charge in [-0.25, -0.2) is 9.18 Å². The standard InChI is InChI=1S/C25H23FN6O6/c1-11-10-32-18-14(8-25(20(32)12(2)37-11)22(34)29-24(36)30-23(25)35)7-15-17(31-38-19(15)16(18)26)21(33)28-9-13-3-5-27-6-4-13/h3-7,11-12,20H,8-10H2,1-2H3,(H,28,33)(H2,29,30,34,35,36)/t11-,12+,20?/m1/s1. The van der Waals surface area contributed by atoms with Crippen LogP contribution in [0.4, 0.5) is 14.9 Å². The van der Waals surface area contributed by atoms with Crippen molar-refractivity contribution in [3.05, 3.63) is 53.2 Å². The van der Waals surface area contributed by atoms with Gasteiger partial charge in [-0.15, -0.1) is 0 Å². The molecule has 38 heavy (non-hydrogen) atoms. The van der Waals surface area contributed by atoms with E-state index in [0.29, 0.717) is 5.56 Å². The monoisotopic (exact) mass is 522 g/mol. The number of fused-ring (bicyclic) bond motifs is 5. The Morgan fingerprint density at radius 3 is 2.63 bits per heavy atom. The first-order valence-corrected chi connectivity index (χ1v) is 12.1. The molecule has 0 bridgehead atoms. The van der Waals surface area contributed by atoms with Crippen molar-refractivity contribution >= 4 is 40.4 Å². The average Bonchev–Trinajstić information content (AvgIpc) is 3.30. The zero-order valence-electron chi connectivity index (χ0n) is 20.4. The van der Waals surface area contributed by atoms with Crippen LogP contribution >= 0.6 is 0 Å². The van der Waals surface area contributed by atoms with Crippen molar-refractivity contribution in [3.63, 3.8) is 0 Å². The molecule has 1 unspecified atom stereocenters. The first kappa shape index (κ1) is 24.0. The maximum Gasteiger partial charge on any atom is 0.328 e. The Kier molecular flexibility index (Phi) is 5.42. The number of anilines is 1. The number of hydrogen-bond acceptors (Lipinski definition) is 9. The number of barbiturate groups is 1. The fourth-order valence-corrected chi connectivity index (χ4v) is 5.88. The summed E-state index contributed by atoms with van der Waals surface area (Å²) < 4.78 is 27.3. The molecule has 0 saturated carbocycles. The van der Waals surface area contributed by atoms with Crippen molar-refractivity contribution < 1.29 is 32.8 Å². The number of morpholine rings is 1. The Labute approximate surface area is 214 Å². The van der Waals surface area contributed by atoms with Crippen molar-refractivity contribution in [1.82, 2.24) is 26.1 Å². The highest BCUT2D eigenvalue weighted by Gasteiger charge is 2.63. The Hall–Kier alpha value is -4.39. The van der Waals surface area contributed by atoms with Gasteiger partial charge in [0.25, 0.3) is 5.91 Å². The topological polar surface area (TPSA) is 156 Å². The van der Waals surface area contributed by atoms with Gasteiger partial charge in [-0.3, -0.25) is 30.0 Å². The molecule has 2 aromatic heterocycles. The first-order chi connectivity index (χ1) is 18.2. The molecule has 2 fully saturated rings. The second-order valence-corrected chi connectivity index (χ2v) is 9.78. The van der Waals surface area contributed by atoms with Crippen molar-refractivity contribution in [2.24, 2.45) is 5.41 Å². The van der Waals surface area contributed by atoms with Gasteiger partial charge in [0.2, 0.25) is 17.4 Å². The SMILES string of the molecule is C[C@@H]1CN2c3c(cc4c(C(=O)NCc5ccncc5)noc4c3F)CC3(C(=O)NC(=O)NC3=O)C2[C@H](C)O1. The lowest BCUT2D eigenvalue weighted by atomic mass is 9.66. The summed E-state index contributed by atoms with van der Waals surface area (Å²) in [6.45, 7) is 3.86. The Morgan fingerprint density at radius 2 is 1.92 bits per heavy atom. The highest BCUT2D eigenvalue weighted by atomic mass is 19.1. The third-order valence-corrected chi connectivity index (χ3v) is 7.38. The highest BCUT2D eigenvalue weighted by Crippen LogP contribution is 2.49. The minimum absolute atomic E-state index is 0.101. The molecular formula is C25H23FN6O6. The van der Waals surface area contributed by atoms with Crippen LogP contribution in [0.5, 0.6) is 0 Å². The van der Waals surface area contributed by atoms with E-state index in [1.54, 1.807) is 43.3 Å². The quantitative estimate of drug-likeness (QED) is 0.430. The Bertz CT molecular complexity index is 1490. The van der Waals surface area contributed by atoms with E-state index in [9.17, 15) is 19.2 Å². The number of nitrogens with one attached hydrogen (secondary N) is 3. The number of amides is 5. The van der Waals surface area contributed by atoms with E-state index in [2.05, 4.69) is 26.1 Å². The van der Waals surface area contributed by atoms with Crippen LogP contribution in [0.1, 0.15) is 35.5 Å². The van der Waals surface area contributed by atoms with E-state index in [4.69, 9.17) is 9.26 Å². The van der Waals surface area contributed by atoms with Gasteiger partial charge in [-0.05, 0) is 43.2 Å². The summed E-state index contributed by atoms with van der Waals surface area (Å²) >= 11 is 0.